The van der Waals surface area contributed by atoms with Gasteiger partial charge < -0.3 is 5.32 Å². The van der Waals surface area contributed by atoms with Crippen LogP contribution < -0.4 is 5.32 Å². The molecular formula is C17H11F3N6O2S2. The number of aromatic nitrogens is 4. The van der Waals surface area contributed by atoms with Crippen LogP contribution in [0.3, 0.4) is 0 Å². The van der Waals surface area contributed by atoms with Crippen LogP contribution in [0, 0.1) is 11.3 Å². The molecule has 1 heterocycles. The summed E-state index contributed by atoms with van der Waals surface area (Å²) in [6.07, 6.45) is 1.34. The number of hydrogen-bond acceptors (Lipinski definition) is 8. The molecule has 1 aromatic heterocycles. The van der Waals surface area contributed by atoms with Gasteiger partial charge in [-0.25, -0.2) is 8.42 Å². The number of rotatable bonds is 6. The molecule has 30 heavy (non-hydrogen) atoms. The highest BCUT2D eigenvalue weighted by molar-refractivity contribution is 8.00. The number of thioether (sulfide) groups is 1. The van der Waals surface area contributed by atoms with Gasteiger partial charge in [-0.15, -0.1) is 10.2 Å². The normalized spacial score (nSPS) is 12.4. The van der Waals surface area contributed by atoms with Crippen LogP contribution in [0.5, 0.6) is 0 Å². The molecule has 8 nitrogen and oxygen atoms in total. The van der Waals surface area contributed by atoms with Gasteiger partial charge in [0.05, 0.1) is 9.79 Å². The quantitative estimate of drug-likeness (QED) is 0.429. The standard InChI is InChI=1S/C17H11F3N6O2S2/c18-17(19,20)29-13-3-7-15(8-4-13)30(27,28)14-5-1-12(2-6-14)22-10-11(9-21)16-23-25-26-24-16/h1-8,10,22H,(H,23,24,25,26). The first kappa shape index (κ1) is 21.3. The largest absolute Gasteiger partial charge is 0.446 e. The third-order valence-corrected chi connectivity index (χ3v) is 6.15. The fourth-order valence-electron chi connectivity index (χ4n) is 2.27. The number of benzene rings is 2. The fraction of sp³-hybridized carbons (Fsp3) is 0.0588. The van der Waals surface area contributed by atoms with Crippen LogP contribution in [0.1, 0.15) is 5.82 Å². The van der Waals surface area contributed by atoms with Crippen LogP contribution in [-0.4, -0.2) is 34.6 Å². The molecule has 0 amide bonds. The molecule has 0 fully saturated rings. The highest BCUT2D eigenvalue weighted by atomic mass is 32.2. The van der Waals surface area contributed by atoms with Crippen LogP contribution in [0.25, 0.3) is 5.57 Å². The van der Waals surface area contributed by atoms with Gasteiger partial charge >= 0.3 is 5.51 Å². The van der Waals surface area contributed by atoms with Crippen LogP contribution >= 0.6 is 11.8 Å². The molecule has 0 spiro atoms. The average Bonchev–Trinajstić information content (AvgIpc) is 3.23. The second kappa shape index (κ2) is 8.56. The van der Waals surface area contributed by atoms with Crippen molar-refractivity contribution in [3.8, 4) is 6.07 Å². The topological polar surface area (TPSA) is 124 Å². The van der Waals surface area contributed by atoms with Gasteiger partial charge in [0.2, 0.25) is 15.7 Å². The number of aromatic amines is 1. The Morgan fingerprint density at radius 3 is 2.20 bits per heavy atom. The Bertz CT molecular complexity index is 1180. The minimum absolute atomic E-state index is 0.0353. The zero-order valence-corrected chi connectivity index (χ0v) is 16.4. The van der Waals surface area contributed by atoms with Gasteiger partial charge in [0, 0.05) is 16.8 Å². The van der Waals surface area contributed by atoms with E-state index in [1.165, 1.54) is 30.5 Å². The number of anilines is 1. The summed E-state index contributed by atoms with van der Waals surface area (Å²) in [5.74, 6) is 0.0938. The smallest absolute Gasteiger partial charge is 0.360 e. The molecule has 154 valence electrons. The van der Waals surface area contributed by atoms with E-state index in [-0.39, 0.29) is 37.8 Å². The minimum Gasteiger partial charge on any atom is -0.360 e. The lowest BCUT2D eigenvalue weighted by Crippen LogP contribution is -2.03. The van der Waals surface area contributed by atoms with Crippen molar-refractivity contribution in [1.82, 2.24) is 20.6 Å². The van der Waals surface area contributed by atoms with E-state index in [4.69, 9.17) is 5.26 Å². The zero-order chi connectivity index (χ0) is 21.8. The maximum Gasteiger partial charge on any atom is 0.446 e. The number of sulfone groups is 1. The monoisotopic (exact) mass is 452 g/mol. The van der Waals surface area contributed by atoms with Crippen LogP contribution in [0.15, 0.2) is 69.4 Å². The SMILES string of the molecule is N#CC(=CNc1ccc(S(=O)(=O)c2ccc(SC(F)(F)F)cc2)cc1)c1nn[nH]n1. The molecule has 0 atom stereocenters. The summed E-state index contributed by atoms with van der Waals surface area (Å²) in [7, 11) is -3.91. The summed E-state index contributed by atoms with van der Waals surface area (Å²) in [4.78, 5) is -0.270. The predicted octanol–water partition coefficient (Wildman–Crippen LogP) is 3.62. The Balaban J connectivity index is 1.76. The molecule has 2 aromatic carbocycles. The van der Waals surface area contributed by atoms with Gasteiger partial charge in [-0.1, -0.05) is 0 Å². The maximum atomic E-state index is 12.7. The number of H-pyrrole nitrogens is 1. The lowest BCUT2D eigenvalue weighted by Gasteiger charge is -2.08. The lowest BCUT2D eigenvalue weighted by molar-refractivity contribution is -0.0328. The van der Waals surface area contributed by atoms with E-state index in [0.717, 1.165) is 24.3 Å². The van der Waals surface area contributed by atoms with Crippen molar-refractivity contribution in [2.24, 2.45) is 0 Å². The van der Waals surface area contributed by atoms with E-state index in [1.807, 2.05) is 6.07 Å². The van der Waals surface area contributed by atoms with E-state index in [1.54, 1.807) is 0 Å². The fourth-order valence-corrected chi connectivity index (χ4v) is 4.07. The van der Waals surface area contributed by atoms with Crippen LogP contribution in [0.2, 0.25) is 0 Å². The van der Waals surface area contributed by atoms with Crippen molar-refractivity contribution >= 4 is 32.9 Å². The van der Waals surface area contributed by atoms with Gasteiger partial charge in [-0.3, -0.25) is 0 Å². The molecule has 0 aliphatic heterocycles. The summed E-state index contributed by atoms with van der Waals surface area (Å²) < 4.78 is 62.6. The molecule has 0 aliphatic carbocycles. The van der Waals surface area contributed by atoms with Crippen LogP contribution in [0.4, 0.5) is 18.9 Å². The van der Waals surface area contributed by atoms with E-state index in [9.17, 15) is 21.6 Å². The van der Waals surface area contributed by atoms with Crippen molar-refractivity contribution in [3.63, 3.8) is 0 Å². The van der Waals surface area contributed by atoms with Crippen molar-refractivity contribution in [2.75, 3.05) is 5.32 Å². The molecule has 3 aromatic rings. The second-order valence-electron chi connectivity index (χ2n) is 5.60. The molecule has 0 aliphatic rings. The summed E-state index contributed by atoms with van der Waals surface area (Å²) in [6.45, 7) is 0. The van der Waals surface area contributed by atoms with Crippen LogP contribution in [-0.2, 0) is 9.84 Å². The number of nitrogens with zero attached hydrogens (tertiary/aromatic N) is 4. The maximum absolute atomic E-state index is 12.7. The Morgan fingerprint density at radius 2 is 1.70 bits per heavy atom. The Labute approximate surface area is 172 Å². The van der Waals surface area contributed by atoms with Gasteiger partial charge in [-0.05, 0) is 65.5 Å². The molecule has 13 heteroatoms. The number of tetrazole rings is 1. The number of nitrogens with one attached hydrogen (secondary N) is 2. The average molecular weight is 452 g/mol. The van der Waals surface area contributed by atoms with E-state index < -0.39 is 15.3 Å². The van der Waals surface area contributed by atoms with E-state index in [2.05, 4.69) is 25.9 Å². The van der Waals surface area contributed by atoms with Gasteiger partial charge in [-0.2, -0.15) is 23.6 Å². The molecule has 0 bridgehead atoms. The Hall–Kier alpha value is -3.37. The Morgan fingerprint density at radius 1 is 1.10 bits per heavy atom. The predicted molar refractivity (Wildman–Crippen MR) is 102 cm³/mol. The highest BCUT2D eigenvalue weighted by Crippen LogP contribution is 2.37. The van der Waals surface area contributed by atoms with Crippen molar-refractivity contribution in [1.29, 1.82) is 5.26 Å². The molecule has 2 N–H and O–H groups in total. The first-order valence-electron chi connectivity index (χ1n) is 8.00. The summed E-state index contributed by atoms with van der Waals surface area (Å²) >= 11 is -0.320. The third-order valence-electron chi connectivity index (χ3n) is 3.62. The minimum atomic E-state index is -4.45. The van der Waals surface area contributed by atoms with Crippen molar-refractivity contribution in [3.05, 3.63) is 60.6 Å². The van der Waals surface area contributed by atoms with Gasteiger partial charge in [0.15, 0.2) is 0 Å². The van der Waals surface area contributed by atoms with Crippen molar-refractivity contribution < 1.29 is 21.6 Å². The molecular weight excluding hydrogens is 441 g/mol. The second-order valence-corrected chi connectivity index (χ2v) is 8.68. The molecule has 0 saturated heterocycles. The highest BCUT2D eigenvalue weighted by Gasteiger charge is 2.29. The zero-order valence-electron chi connectivity index (χ0n) is 14.8. The van der Waals surface area contributed by atoms with E-state index >= 15 is 0 Å². The van der Waals surface area contributed by atoms with Crippen molar-refractivity contribution in [2.45, 2.75) is 20.2 Å². The van der Waals surface area contributed by atoms with E-state index in [0.29, 0.717) is 5.69 Å². The summed E-state index contributed by atoms with van der Waals surface area (Å²) in [6, 6.07) is 12.0. The number of nitriles is 1. The Kier molecular flexibility index (Phi) is 6.09. The first-order chi connectivity index (χ1) is 14.2. The third kappa shape index (κ3) is 5.16. The number of alkyl halides is 3. The molecule has 0 saturated carbocycles. The molecule has 3 rings (SSSR count). The number of allylic oxidation sites excluding steroid dienone is 1. The van der Waals surface area contributed by atoms with Gasteiger partial charge in [0.1, 0.15) is 11.6 Å². The summed E-state index contributed by atoms with van der Waals surface area (Å²) in [5, 5.41) is 24.9. The number of hydrogen-bond donors (Lipinski definition) is 2. The number of halogens is 3. The molecule has 0 unspecified atom stereocenters. The van der Waals surface area contributed by atoms with Gasteiger partial charge in [0.25, 0.3) is 0 Å². The lowest BCUT2D eigenvalue weighted by atomic mass is 10.3. The molecule has 0 radical (unpaired) electrons. The first-order valence-corrected chi connectivity index (χ1v) is 10.3. The summed E-state index contributed by atoms with van der Waals surface area (Å²) in [5.41, 5.74) is -3.85.